The lowest BCUT2D eigenvalue weighted by Gasteiger charge is -2.52. The van der Waals surface area contributed by atoms with Gasteiger partial charge >= 0.3 is 0 Å². The van der Waals surface area contributed by atoms with Crippen molar-refractivity contribution in [3.8, 4) is 23.0 Å². The minimum atomic E-state index is 0.0782. The first-order chi connectivity index (χ1) is 16.7. The number of likely N-dealkylation sites (tertiary alicyclic amines) is 1. The first-order valence-corrected chi connectivity index (χ1v) is 11.9. The number of piperidine rings is 1. The second kappa shape index (κ2) is 8.48. The lowest BCUT2D eigenvalue weighted by Crippen LogP contribution is -2.71. The van der Waals surface area contributed by atoms with Gasteiger partial charge in [0.05, 0.1) is 11.1 Å². The van der Waals surface area contributed by atoms with Gasteiger partial charge in [-0.15, -0.1) is 0 Å². The maximum Gasteiger partial charge on any atom is 0.254 e. The molecule has 0 saturated carbocycles. The average molecular weight is 447 g/mol. The highest BCUT2D eigenvalue weighted by molar-refractivity contribution is 5.99. The Labute approximate surface area is 199 Å². The van der Waals surface area contributed by atoms with Crippen LogP contribution in [-0.4, -0.2) is 46.2 Å². The Kier molecular flexibility index (Phi) is 5.16. The molecule has 1 aromatic heterocycles. The fourth-order valence-electron chi connectivity index (χ4n) is 5.14. The predicted molar refractivity (Wildman–Crippen MR) is 134 cm³/mol. The third kappa shape index (κ3) is 3.76. The molecule has 168 valence electrons. The number of aromatic amines is 1. The summed E-state index contributed by atoms with van der Waals surface area (Å²) in [6.07, 6.45) is 3.62. The number of nitrogens with zero attached hydrogens (tertiary/aromatic N) is 2. The number of H-pyrrole nitrogens is 1. The second-order valence-electron chi connectivity index (χ2n) is 9.32. The van der Waals surface area contributed by atoms with Crippen molar-refractivity contribution in [2.45, 2.75) is 24.8 Å². The molecule has 6 rings (SSSR count). The molecule has 1 amide bonds. The monoisotopic (exact) mass is 446 g/mol. The molecule has 2 fully saturated rings. The molecule has 4 aromatic rings. The van der Waals surface area contributed by atoms with Gasteiger partial charge in [0.15, 0.2) is 0 Å². The van der Waals surface area contributed by atoms with Crippen LogP contribution in [0.2, 0.25) is 0 Å². The Bertz CT molecular complexity index is 1410. The number of carbonyl (C=O) groups excluding carboxylic acids is 1. The van der Waals surface area contributed by atoms with Crippen molar-refractivity contribution in [3.63, 3.8) is 0 Å². The summed E-state index contributed by atoms with van der Waals surface area (Å²) >= 11 is 0. The molecule has 0 bridgehead atoms. The van der Waals surface area contributed by atoms with Crippen molar-refractivity contribution < 1.29 is 4.79 Å². The Balaban J connectivity index is 1.27. The molecule has 2 aliphatic heterocycles. The van der Waals surface area contributed by atoms with Gasteiger partial charge in [0.1, 0.15) is 5.69 Å². The van der Waals surface area contributed by atoms with Crippen LogP contribution in [0.5, 0.6) is 0 Å². The highest BCUT2D eigenvalue weighted by Gasteiger charge is 2.45. The fraction of sp³-hybridized carbons (Fsp3) is 0.241. The summed E-state index contributed by atoms with van der Waals surface area (Å²) in [5.41, 5.74) is 5.53. The molecular weight excluding hydrogens is 420 g/mol. The Morgan fingerprint density at radius 2 is 1.76 bits per heavy atom. The van der Waals surface area contributed by atoms with Crippen LogP contribution in [0.1, 0.15) is 40.9 Å². The number of hydrogen-bond donors (Lipinski definition) is 2. The number of amides is 1. The standard InChI is InChI=1S/C29H26N4O/c34-28(33-19-29(20-33)16-6-7-17-30-29)23-13-15-27-25(18-23)26(31-32-27)14-12-22-10-4-5-11-24(22)21-8-2-1-3-9-21/h1-5,8-11,13,15,18,30H,6-7,16-17,19-20H2,(H,31,32). The largest absolute Gasteiger partial charge is 0.335 e. The number of nitrogens with one attached hydrogen (secondary N) is 2. The minimum Gasteiger partial charge on any atom is -0.335 e. The van der Waals surface area contributed by atoms with Crippen LogP contribution in [-0.2, 0) is 0 Å². The lowest BCUT2D eigenvalue weighted by atomic mass is 9.81. The smallest absolute Gasteiger partial charge is 0.254 e. The Morgan fingerprint density at radius 1 is 0.941 bits per heavy atom. The Morgan fingerprint density at radius 3 is 2.59 bits per heavy atom. The topological polar surface area (TPSA) is 61.0 Å². The number of fused-ring (bicyclic) bond motifs is 1. The van der Waals surface area contributed by atoms with E-state index in [1.54, 1.807) is 0 Å². The van der Waals surface area contributed by atoms with Crippen LogP contribution in [0.4, 0.5) is 0 Å². The third-order valence-electron chi connectivity index (χ3n) is 6.99. The average Bonchev–Trinajstić information content (AvgIpc) is 3.29. The van der Waals surface area contributed by atoms with Crippen LogP contribution in [0.3, 0.4) is 0 Å². The molecule has 0 radical (unpaired) electrons. The summed E-state index contributed by atoms with van der Waals surface area (Å²) in [5, 5.41) is 12.0. The summed E-state index contributed by atoms with van der Waals surface area (Å²) in [4.78, 5) is 15.1. The van der Waals surface area contributed by atoms with Gasteiger partial charge in [-0.05, 0) is 60.7 Å². The summed E-state index contributed by atoms with van der Waals surface area (Å²) in [7, 11) is 0. The number of benzene rings is 3. The summed E-state index contributed by atoms with van der Waals surface area (Å²) in [6, 6.07) is 24.1. The van der Waals surface area contributed by atoms with E-state index >= 15 is 0 Å². The van der Waals surface area contributed by atoms with Crippen LogP contribution in [0.15, 0.2) is 72.8 Å². The van der Waals surface area contributed by atoms with E-state index in [2.05, 4.69) is 45.6 Å². The predicted octanol–water partition coefficient (Wildman–Crippen LogP) is 4.60. The van der Waals surface area contributed by atoms with E-state index in [1.165, 1.54) is 12.8 Å². The normalized spacial score (nSPS) is 16.6. The zero-order chi connectivity index (χ0) is 23.0. The quantitative estimate of drug-likeness (QED) is 0.443. The van der Waals surface area contributed by atoms with Crippen molar-refractivity contribution in [1.29, 1.82) is 0 Å². The second-order valence-corrected chi connectivity index (χ2v) is 9.32. The maximum atomic E-state index is 13.1. The van der Waals surface area contributed by atoms with E-state index in [1.807, 2.05) is 59.5 Å². The molecule has 3 heterocycles. The van der Waals surface area contributed by atoms with Gasteiger partial charge in [-0.1, -0.05) is 60.9 Å². The fourth-order valence-corrected chi connectivity index (χ4v) is 5.14. The van der Waals surface area contributed by atoms with Crippen molar-refractivity contribution in [2.75, 3.05) is 19.6 Å². The first kappa shape index (κ1) is 20.7. The number of rotatable bonds is 2. The van der Waals surface area contributed by atoms with Gasteiger partial charge in [-0.3, -0.25) is 9.89 Å². The summed E-state index contributed by atoms with van der Waals surface area (Å²) in [6.45, 7) is 2.63. The molecule has 5 heteroatoms. The molecule has 2 aliphatic rings. The highest BCUT2D eigenvalue weighted by Crippen LogP contribution is 2.31. The van der Waals surface area contributed by atoms with Crippen molar-refractivity contribution in [1.82, 2.24) is 20.4 Å². The Hall–Kier alpha value is -3.88. The maximum absolute atomic E-state index is 13.1. The molecule has 0 atom stereocenters. The zero-order valence-corrected chi connectivity index (χ0v) is 19.0. The van der Waals surface area contributed by atoms with E-state index in [0.717, 1.165) is 53.6 Å². The van der Waals surface area contributed by atoms with Gasteiger partial charge < -0.3 is 10.2 Å². The molecule has 2 N–H and O–H groups in total. The van der Waals surface area contributed by atoms with Gasteiger partial charge in [0.2, 0.25) is 0 Å². The SMILES string of the molecule is O=C(c1ccc2[nH]nc(C#Cc3ccccc3-c3ccccc3)c2c1)N1CC2(CCCCN2)C1. The molecule has 0 unspecified atom stereocenters. The van der Waals surface area contributed by atoms with E-state index in [4.69, 9.17) is 0 Å². The molecule has 0 aliphatic carbocycles. The minimum absolute atomic E-state index is 0.0782. The number of carbonyl (C=O) groups is 1. The van der Waals surface area contributed by atoms with Crippen LogP contribution in [0, 0.1) is 11.8 Å². The van der Waals surface area contributed by atoms with Crippen molar-refractivity contribution >= 4 is 16.8 Å². The van der Waals surface area contributed by atoms with E-state index < -0.39 is 0 Å². The molecule has 3 aromatic carbocycles. The van der Waals surface area contributed by atoms with Gasteiger partial charge in [-0.25, -0.2) is 0 Å². The summed E-state index contributed by atoms with van der Waals surface area (Å²) in [5.74, 6) is 6.62. The van der Waals surface area contributed by atoms with E-state index in [-0.39, 0.29) is 11.4 Å². The van der Waals surface area contributed by atoms with Crippen LogP contribution in [0.25, 0.3) is 22.0 Å². The number of aromatic nitrogens is 2. The first-order valence-electron chi connectivity index (χ1n) is 11.9. The molecule has 2 saturated heterocycles. The van der Waals surface area contributed by atoms with Crippen LogP contribution >= 0.6 is 0 Å². The highest BCUT2D eigenvalue weighted by atomic mass is 16.2. The number of hydrogen-bond acceptors (Lipinski definition) is 3. The van der Waals surface area contributed by atoms with E-state index in [9.17, 15) is 4.79 Å². The lowest BCUT2D eigenvalue weighted by molar-refractivity contribution is 0.0190. The zero-order valence-electron chi connectivity index (χ0n) is 19.0. The van der Waals surface area contributed by atoms with Crippen molar-refractivity contribution in [3.05, 3.63) is 89.6 Å². The van der Waals surface area contributed by atoms with Crippen molar-refractivity contribution in [2.24, 2.45) is 0 Å². The van der Waals surface area contributed by atoms with Gasteiger partial charge in [-0.2, -0.15) is 5.10 Å². The molecule has 34 heavy (non-hydrogen) atoms. The molecular formula is C29H26N4O. The molecule has 1 spiro atoms. The van der Waals surface area contributed by atoms with E-state index in [0.29, 0.717) is 11.3 Å². The summed E-state index contributed by atoms with van der Waals surface area (Å²) < 4.78 is 0. The third-order valence-corrected chi connectivity index (χ3v) is 6.99. The van der Waals surface area contributed by atoms with Gasteiger partial charge in [0, 0.05) is 29.6 Å². The van der Waals surface area contributed by atoms with Gasteiger partial charge in [0.25, 0.3) is 5.91 Å². The van der Waals surface area contributed by atoms with Crippen LogP contribution < -0.4 is 5.32 Å². The molecule has 5 nitrogen and oxygen atoms in total.